The number of nitrogens with zero attached hydrogens (tertiary/aromatic N) is 1. The Labute approximate surface area is 107 Å². The van der Waals surface area contributed by atoms with Crippen molar-refractivity contribution < 1.29 is 0 Å². The van der Waals surface area contributed by atoms with Crippen LogP contribution in [-0.4, -0.2) is 18.9 Å². The molecule has 1 saturated carbocycles. The molecule has 0 amide bonds. The summed E-state index contributed by atoms with van der Waals surface area (Å²) in [5.41, 5.74) is 7.13. The van der Waals surface area contributed by atoms with Gasteiger partial charge in [-0.25, -0.2) is 0 Å². The minimum Gasteiger partial charge on any atom is -0.384 e. The molecular weight excluding hydrogens is 234 g/mol. The molecule has 0 saturated heterocycles. The molecular formula is C13H18ClN3. The van der Waals surface area contributed by atoms with Crippen LogP contribution in [0.25, 0.3) is 0 Å². The van der Waals surface area contributed by atoms with E-state index in [0.717, 1.165) is 11.6 Å². The van der Waals surface area contributed by atoms with Crippen molar-refractivity contribution in [2.45, 2.75) is 25.8 Å². The quantitative estimate of drug-likeness (QED) is 0.639. The Balaban J connectivity index is 2.21. The van der Waals surface area contributed by atoms with Crippen LogP contribution < -0.4 is 10.6 Å². The molecule has 4 heteroatoms. The number of nitrogens with one attached hydrogen (secondary N) is 1. The summed E-state index contributed by atoms with van der Waals surface area (Å²) in [6.45, 7) is 2.24. The molecule has 1 aromatic rings. The predicted octanol–water partition coefficient (Wildman–Crippen LogP) is 2.86. The zero-order chi connectivity index (χ0) is 12.6. The Hall–Kier alpha value is -1.22. The number of rotatable bonds is 4. The molecule has 1 unspecified atom stereocenters. The summed E-state index contributed by atoms with van der Waals surface area (Å²) in [5, 5.41) is 7.94. The van der Waals surface area contributed by atoms with Gasteiger partial charge in [-0.05, 0) is 43.9 Å². The van der Waals surface area contributed by atoms with Crippen molar-refractivity contribution in [3.8, 4) is 0 Å². The van der Waals surface area contributed by atoms with E-state index in [1.165, 1.54) is 12.8 Å². The summed E-state index contributed by atoms with van der Waals surface area (Å²) < 4.78 is 0. The molecule has 2 rings (SSSR count). The van der Waals surface area contributed by atoms with Crippen LogP contribution in [0.3, 0.4) is 0 Å². The van der Waals surface area contributed by atoms with Gasteiger partial charge >= 0.3 is 0 Å². The first kappa shape index (κ1) is 12.2. The SMILES string of the molecule is CC(C1CC1)N(C)c1ccc(C(=N)N)c(Cl)c1. The van der Waals surface area contributed by atoms with Crippen LogP contribution in [0.5, 0.6) is 0 Å². The van der Waals surface area contributed by atoms with Gasteiger partial charge in [-0.3, -0.25) is 5.41 Å². The van der Waals surface area contributed by atoms with Gasteiger partial charge in [0.05, 0.1) is 5.02 Å². The first-order valence-electron chi connectivity index (χ1n) is 5.87. The van der Waals surface area contributed by atoms with Gasteiger partial charge in [0.15, 0.2) is 0 Å². The summed E-state index contributed by atoms with van der Waals surface area (Å²) in [5.74, 6) is 0.825. The maximum Gasteiger partial charge on any atom is 0.124 e. The average Bonchev–Trinajstić information content (AvgIpc) is 3.10. The van der Waals surface area contributed by atoms with Crippen LogP contribution in [0.15, 0.2) is 18.2 Å². The predicted molar refractivity (Wildman–Crippen MR) is 73.1 cm³/mol. The van der Waals surface area contributed by atoms with E-state index < -0.39 is 0 Å². The average molecular weight is 252 g/mol. The Bertz CT molecular complexity index is 440. The number of benzene rings is 1. The van der Waals surface area contributed by atoms with Crippen LogP contribution in [-0.2, 0) is 0 Å². The van der Waals surface area contributed by atoms with Gasteiger partial charge in [-0.2, -0.15) is 0 Å². The fraction of sp³-hybridized carbons (Fsp3) is 0.462. The molecule has 3 nitrogen and oxygen atoms in total. The van der Waals surface area contributed by atoms with Crippen molar-refractivity contribution in [1.29, 1.82) is 5.41 Å². The number of halogens is 1. The van der Waals surface area contributed by atoms with E-state index in [-0.39, 0.29) is 5.84 Å². The maximum atomic E-state index is 7.40. The highest BCUT2D eigenvalue weighted by Crippen LogP contribution is 2.36. The van der Waals surface area contributed by atoms with Crippen molar-refractivity contribution in [2.24, 2.45) is 11.7 Å². The number of hydrogen-bond acceptors (Lipinski definition) is 2. The Morgan fingerprint density at radius 2 is 2.18 bits per heavy atom. The molecule has 0 spiro atoms. The van der Waals surface area contributed by atoms with Crippen molar-refractivity contribution in [1.82, 2.24) is 0 Å². The van der Waals surface area contributed by atoms with E-state index in [1.807, 2.05) is 18.2 Å². The number of nitrogen functional groups attached to an aromatic ring is 1. The molecule has 92 valence electrons. The summed E-state index contributed by atoms with van der Waals surface area (Å²) in [7, 11) is 2.09. The molecule has 1 atom stereocenters. The van der Waals surface area contributed by atoms with Crippen LogP contribution in [0.4, 0.5) is 5.69 Å². The topological polar surface area (TPSA) is 53.1 Å². The zero-order valence-electron chi connectivity index (χ0n) is 10.2. The number of amidine groups is 1. The van der Waals surface area contributed by atoms with Gasteiger partial charge in [-0.15, -0.1) is 0 Å². The number of nitrogens with two attached hydrogens (primary N) is 1. The fourth-order valence-corrected chi connectivity index (χ4v) is 2.35. The van der Waals surface area contributed by atoms with Crippen LogP contribution >= 0.6 is 11.6 Å². The van der Waals surface area contributed by atoms with Gasteiger partial charge in [0.2, 0.25) is 0 Å². The Morgan fingerprint density at radius 1 is 1.53 bits per heavy atom. The lowest BCUT2D eigenvalue weighted by atomic mass is 10.1. The third-order valence-electron chi connectivity index (χ3n) is 3.57. The molecule has 0 bridgehead atoms. The van der Waals surface area contributed by atoms with E-state index in [1.54, 1.807) is 0 Å². The highest BCUT2D eigenvalue weighted by molar-refractivity contribution is 6.34. The van der Waals surface area contributed by atoms with E-state index in [0.29, 0.717) is 16.6 Å². The van der Waals surface area contributed by atoms with Crippen LogP contribution in [0, 0.1) is 11.3 Å². The molecule has 0 heterocycles. The third-order valence-corrected chi connectivity index (χ3v) is 3.88. The van der Waals surface area contributed by atoms with Gasteiger partial charge < -0.3 is 10.6 Å². The number of hydrogen-bond donors (Lipinski definition) is 2. The van der Waals surface area contributed by atoms with Crippen molar-refractivity contribution >= 4 is 23.1 Å². The Kier molecular flexibility index (Phi) is 3.29. The van der Waals surface area contributed by atoms with Gasteiger partial charge in [0.1, 0.15) is 5.84 Å². The Morgan fingerprint density at radius 3 is 2.65 bits per heavy atom. The lowest BCUT2D eigenvalue weighted by Gasteiger charge is -2.27. The van der Waals surface area contributed by atoms with E-state index in [4.69, 9.17) is 22.7 Å². The first-order valence-corrected chi connectivity index (χ1v) is 6.25. The minimum absolute atomic E-state index is 0.0134. The van der Waals surface area contributed by atoms with Crippen molar-refractivity contribution in [3.63, 3.8) is 0 Å². The normalized spacial score (nSPS) is 16.6. The van der Waals surface area contributed by atoms with Gasteiger partial charge in [0.25, 0.3) is 0 Å². The lowest BCUT2D eigenvalue weighted by molar-refractivity contribution is 0.609. The second kappa shape index (κ2) is 4.57. The second-order valence-corrected chi connectivity index (χ2v) is 5.17. The smallest absolute Gasteiger partial charge is 0.124 e. The third kappa shape index (κ3) is 2.55. The van der Waals surface area contributed by atoms with E-state index in [9.17, 15) is 0 Å². The summed E-state index contributed by atoms with van der Waals surface area (Å²) >= 11 is 6.12. The van der Waals surface area contributed by atoms with Crippen LogP contribution in [0.2, 0.25) is 5.02 Å². The molecule has 0 aliphatic heterocycles. The molecule has 17 heavy (non-hydrogen) atoms. The highest BCUT2D eigenvalue weighted by atomic mass is 35.5. The summed E-state index contributed by atoms with van der Waals surface area (Å²) in [6.07, 6.45) is 2.65. The molecule has 1 aliphatic carbocycles. The summed E-state index contributed by atoms with van der Waals surface area (Å²) in [6, 6.07) is 6.21. The van der Waals surface area contributed by atoms with Crippen molar-refractivity contribution in [3.05, 3.63) is 28.8 Å². The lowest BCUT2D eigenvalue weighted by Crippen LogP contribution is -2.30. The first-order chi connectivity index (χ1) is 8.00. The molecule has 0 radical (unpaired) electrons. The highest BCUT2D eigenvalue weighted by Gasteiger charge is 2.30. The molecule has 1 aromatic carbocycles. The molecule has 1 fully saturated rings. The van der Waals surface area contributed by atoms with Gasteiger partial charge in [0, 0.05) is 24.3 Å². The largest absolute Gasteiger partial charge is 0.384 e. The number of anilines is 1. The summed E-state index contributed by atoms with van der Waals surface area (Å²) in [4.78, 5) is 2.24. The van der Waals surface area contributed by atoms with Crippen molar-refractivity contribution in [2.75, 3.05) is 11.9 Å². The second-order valence-electron chi connectivity index (χ2n) is 4.77. The van der Waals surface area contributed by atoms with E-state index in [2.05, 4.69) is 18.9 Å². The molecule has 0 aromatic heterocycles. The van der Waals surface area contributed by atoms with E-state index >= 15 is 0 Å². The monoisotopic (exact) mass is 251 g/mol. The standard InChI is InChI=1S/C13H18ClN3/c1-8(9-3-4-9)17(2)10-5-6-11(13(15)16)12(14)7-10/h5-9H,3-4H2,1-2H3,(H3,15,16). The van der Waals surface area contributed by atoms with Crippen LogP contribution in [0.1, 0.15) is 25.3 Å². The fourth-order valence-electron chi connectivity index (χ4n) is 2.07. The minimum atomic E-state index is 0.0134. The maximum absolute atomic E-state index is 7.40. The molecule has 3 N–H and O–H groups in total. The van der Waals surface area contributed by atoms with Gasteiger partial charge in [-0.1, -0.05) is 11.6 Å². The zero-order valence-corrected chi connectivity index (χ0v) is 11.0. The molecule has 1 aliphatic rings.